The Morgan fingerprint density at radius 2 is 2.09 bits per heavy atom. The number of nitrogens with zero attached hydrogens (tertiary/aromatic N) is 2. The van der Waals surface area contributed by atoms with Gasteiger partial charge in [-0.3, -0.25) is 9.48 Å². The number of amides is 1. The Labute approximate surface area is 137 Å². The standard InChI is InChI=1S/C15H19BrN4O2/c1-8-5-11(16)6-12(14(8)17)18-13(21)7-22-15-9(2)19-20(4)10(15)3/h5-6H,7,17H2,1-4H3,(H,18,21). The Bertz CT molecular complexity index is 725. The molecule has 0 radical (unpaired) electrons. The van der Waals surface area contributed by atoms with Gasteiger partial charge in [-0.1, -0.05) is 15.9 Å². The van der Waals surface area contributed by atoms with E-state index in [1.165, 1.54) is 0 Å². The molecule has 0 aliphatic carbocycles. The molecule has 0 saturated heterocycles. The van der Waals surface area contributed by atoms with Gasteiger partial charge < -0.3 is 15.8 Å². The van der Waals surface area contributed by atoms with Gasteiger partial charge in [-0.2, -0.15) is 5.10 Å². The maximum absolute atomic E-state index is 12.1. The summed E-state index contributed by atoms with van der Waals surface area (Å²) in [6.45, 7) is 5.52. The summed E-state index contributed by atoms with van der Waals surface area (Å²) in [5, 5.41) is 7.01. The zero-order valence-corrected chi connectivity index (χ0v) is 14.6. The number of nitrogens with two attached hydrogens (primary N) is 1. The molecule has 7 heteroatoms. The normalized spacial score (nSPS) is 10.6. The molecule has 0 fully saturated rings. The van der Waals surface area contributed by atoms with Crippen LogP contribution < -0.4 is 15.8 Å². The van der Waals surface area contributed by atoms with Gasteiger partial charge in [0.2, 0.25) is 0 Å². The first-order valence-electron chi connectivity index (χ1n) is 6.78. The van der Waals surface area contributed by atoms with Crippen LogP contribution in [0.25, 0.3) is 0 Å². The van der Waals surface area contributed by atoms with Crippen molar-refractivity contribution in [3.05, 3.63) is 33.6 Å². The molecule has 2 aromatic rings. The molecule has 0 aliphatic rings. The molecule has 22 heavy (non-hydrogen) atoms. The highest BCUT2D eigenvalue weighted by molar-refractivity contribution is 9.10. The summed E-state index contributed by atoms with van der Waals surface area (Å²) in [5.74, 6) is 0.364. The molecule has 0 atom stereocenters. The number of anilines is 2. The van der Waals surface area contributed by atoms with Crippen molar-refractivity contribution in [1.82, 2.24) is 9.78 Å². The van der Waals surface area contributed by atoms with Crippen molar-refractivity contribution in [3.63, 3.8) is 0 Å². The minimum Gasteiger partial charge on any atom is -0.480 e. The van der Waals surface area contributed by atoms with Crippen LogP contribution in [0.3, 0.4) is 0 Å². The lowest BCUT2D eigenvalue weighted by molar-refractivity contribution is -0.118. The summed E-state index contributed by atoms with van der Waals surface area (Å²) < 4.78 is 8.15. The highest BCUT2D eigenvalue weighted by Gasteiger charge is 2.13. The van der Waals surface area contributed by atoms with Gasteiger partial charge in [-0.05, 0) is 38.5 Å². The molecule has 1 heterocycles. The van der Waals surface area contributed by atoms with Crippen molar-refractivity contribution in [1.29, 1.82) is 0 Å². The molecule has 0 aliphatic heterocycles. The molecule has 6 nitrogen and oxygen atoms in total. The van der Waals surface area contributed by atoms with Crippen LogP contribution in [0.5, 0.6) is 5.75 Å². The molecule has 1 aromatic heterocycles. The van der Waals surface area contributed by atoms with E-state index >= 15 is 0 Å². The smallest absolute Gasteiger partial charge is 0.262 e. The van der Waals surface area contributed by atoms with E-state index in [-0.39, 0.29) is 12.5 Å². The van der Waals surface area contributed by atoms with Crippen LogP contribution in [0.1, 0.15) is 17.0 Å². The van der Waals surface area contributed by atoms with E-state index in [4.69, 9.17) is 10.5 Å². The van der Waals surface area contributed by atoms with Gasteiger partial charge in [0.25, 0.3) is 5.91 Å². The van der Waals surface area contributed by atoms with Crippen LogP contribution in [0, 0.1) is 20.8 Å². The number of nitrogens with one attached hydrogen (secondary N) is 1. The Morgan fingerprint density at radius 3 is 2.68 bits per heavy atom. The number of aromatic nitrogens is 2. The topological polar surface area (TPSA) is 82.2 Å². The quantitative estimate of drug-likeness (QED) is 0.815. The highest BCUT2D eigenvalue weighted by atomic mass is 79.9. The molecule has 2 rings (SSSR count). The molecule has 0 unspecified atom stereocenters. The van der Waals surface area contributed by atoms with Gasteiger partial charge in [0.15, 0.2) is 12.4 Å². The summed E-state index contributed by atoms with van der Waals surface area (Å²) in [4.78, 5) is 12.1. The minimum absolute atomic E-state index is 0.0988. The summed E-state index contributed by atoms with van der Waals surface area (Å²) in [5.41, 5.74) is 9.61. The third-order valence-corrected chi connectivity index (χ3v) is 3.87. The maximum atomic E-state index is 12.1. The number of hydrogen-bond acceptors (Lipinski definition) is 4. The van der Waals surface area contributed by atoms with Crippen LogP contribution in [-0.4, -0.2) is 22.3 Å². The molecular formula is C15H19BrN4O2. The molecule has 3 N–H and O–H groups in total. The SMILES string of the molecule is Cc1cc(Br)cc(NC(=O)COc2c(C)nn(C)c2C)c1N. The summed E-state index contributed by atoms with van der Waals surface area (Å²) in [7, 11) is 1.83. The predicted octanol–water partition coefficient (Wildman–Crippen LogP) is 2.71. The second-order valence-electron chi connectivity index (χ2n) is 5.14. The van der Waals surface area contributed by atoms with E-state index in [0.29, 0.717) is 17.1 Å². The Kier molecular flexibility index (Phi) is 4.75. The number of carbonyl (C=O) groups excluding carboxylic acids is 1. The van der Waals surface area contributed by atoms with Crippen molar-refractivity contribution in [3.8, 4) is 5.75 Å². The number of nitrogen functional groups attached to an aromatic ring is 1. The fourth-order valence-corrected chi connectivity index (χ4v) is 2.72. The first kappa shape index (κ1) is 16.4. The van der Waals surface area contributed by atoms with Crippen molar-refractivity contribution in [2.24, 2.45) is 7.05 Å². The molecule has 0 bridgehead atoms. The number of hydrogen-bond donors (Lipinski definition) is 2. The summed E-state index contributed by atoms with van der Waals surface area (Å²) >= 11 is 3.39. The van der Waals surface area contributed by atoms with Crippen LogP contribution >= 0.6 is 15.9 Å². The second-order valence-corrected chi connectivity index (χ2v) is 6.06. The summed E-state index contributed by atoms with van der Waals surface area (Å²) in [6.07, 6.45) is 0. The average Bonchev–Trinajstić information content (AvgIpc) is 2.67. The number of rotatable bonds is 4. The van der Waals surface area contributed by atoms with Gasteiger partial charge in [0.1, 0.15) is 5.69 Å². The van der Waals surface area contributed by atoms with E-state index in [1.54, 1.807) is 10.7 Å². The molecule has 0 saturated carbocycles. The fraction of sp³-hybridized carbons (Fsp3) is 0.333. The van der Waals surface area contributed by atoms with Crippen molar-refractivity contribution in [2.75, 3.05) is 17.7 Å². The molecule has 1 aromatic carbocycles. The van der Waals surface area contributed by atoms with Gasteiger partial charge >= 0.3 is 0 Å². The summed E-state index contributed by atoms with van der Waals surface area (Å²) in [6, 6.07) is 3.66. The van der Waals surface area contributed by atoms with Crippen LogP contribution in [0.2, 0.25) is 0 Å². The third kappa shape index (κ3) is 3.41. The van der Waals surface area contributed by atoms with Gasteiger partial charge in [0.05, 0.1) is 17.1 Å². The molecule has 118 valence electrons. The van der Waals surface area contributed by atoms with Gasteiger partial charge in [-0.15, -0.1) is 0 Å². The van der Waals surface area contributed by atoms with Crippen LogP contribution in [-0.2, 0) is 11.8 Å². The highest BCUT2D eigenvalue weighted by Crippen LogP contribution is 2.27. The van der Waals surface area contributed by atoms with Gasteiger partial charge in [0, 0.05) is 11.5 Å². The van der Waals surface area contributed by atoms with Crippen molar-refractivity contribution < 1.29 is 9.53 Å². The van der Waals surface area contributed by atoms with Gasteiger partial charge in [-0.25, -0.2) is 0 Å². The zero-order valence-electron chi connectivity index (χ0n) is 13.0. The molecular weight excluding hydrogens is 348 g/mol. The molecule has 1 amide bonds. The fourth-order valence-electron chi connectivity index (χ4n) is 2.14. The Hall–Kier alpha value is -2.02. The van der Waals surface area contributed by atoms with E-state index in [2.05, 4.69) is 26.3 Å². The molecule has 0 spiro atoms. The number of carbonyl (C=O) groups is 1. The Balaban J connectivity index is 2.05. The van der Waals surface area contributed by atoms with E-state index in [1.807, 2.05) is 33.9 Å². The van der Waals surface area contributed by atoms with E-state index < -0.39 is 0 Å². The monoisotopic (exact) mass is 366 g/mol. The largest absolute Gasteiger partial charge is 0.480 e. The minimum atomic E-state index is -0.271. The lowest BCUT2D eigenvalue weighted by Crippen LogP contribution is -2.21. The number of aryl methyl sites for hydroxylation is 3. The Morgan fingerprint density at radius 1 is 1.41 bits per heavy atom. The van der Waals surface area contributed by atoms with Crippen LogP contribution in [0.15, 0.2) is 16.6 Å². The zero-order chi connectivity index (χ0) is 16.4. The van der Waals surface area contributed by atoms with E-state index in [9.17, 15) is 4.79 Å². The first-order chi connectivity index (χ1) is 10.3. The number of ether oxygens (including phenoxy) is 1. The van der Waals surface area contributed by atoms with Crippen molar-refractivity contribution in [2.45, 2.75) is 20.8 Å². The number of benzene rings is 1. The predicted molar refractivity (Wildman–Crippen MR) is 90.1 cm³/mol. The maximum Gasteiger partial charge on any atom is 0.262 e. The second kappa shape index (κ2) is 6.39. The first-order valence-corrected chi connectivity index (χ1v) is 7.57. The van der Waals surface area contributed by atoms with Crippen LogP contribution in [0.4, 0.5) is 11.4 Å². The van der Waals surface area contributed by atoms with E-state index in [0.717, 1.165) is 21.4 Å². The third-order valence-electron chi connectivity index (χ3n) is 3.42. The average molecular weight is 367 g/mol. The number of halogens is 1. The lowest BCUT2D eigenvalue weighted by Gasteiger charge is -2.12. The lowest BCUT2D eigenvalue weighted by atomic mass is 10.2. The van der Waals surface area contributed by atoms with Crippen molar-refractivity contribution >= 4 is 33.2 Å².